The predicted octanol–water partition coefficient (Wildman–Crippen LogP) is 2.85. The number of hydrogen-bond acceptors (Lipinski definition) is 0. The zero-order chi connectivity index (χ0) is 6.57. The Morgan fingerprint density at radius 2 is 1.88 bits per heavy atom. The van der Waals surface area contributed by atoms with Gasteiger partial charge in [-0.3, -0.25) is 0 Å². The summed E-state index contributed by atoms with van der Waals surface area (Å²) < 4.78 is 0. The fourth-order valence-corrected chi connectivity index (χ4v) is 1.14. The van der Waals surface area contributed by atoms with Crippen LogP contribution in [0.1, 0.15) is 20.8 Å². The lowest BCUT2D eigenvalue weighted by Crippen LogP contribution is -2.01. The van der Waals surface area contributed by atoms with Gasteiger partial charge in [-0.15, -0.1) is 0 Å². The fraction of sp³-hybridized carbons (Fsp3) is 0.714. The summed E-state index contributed by atoms with van der Waals surface area (Å²) in [5.74, 6) is 2.83. The summed E-state index contributed by atoms with van der Waals surface area (Å²) in [6.45, 7) is 10.5. The Morgan fingerprint density at radius 3 is 2.00 bits per heavy atom. The molecule has 0 fully saturated rings. The van der Waals surface area contributed by atoms with Gasteiger partial charge in [0.2, 0.25) is 0 Å². The maximum Gasteiger partial charge on any atom is -0.0208 e. The summed E-state index contributed by atoms with van der Waals surface area (Å²) in [5.41, 5.74) is 0.826. The molecule has 0 spiro atoms. The van der Waals surface area contributed by atoms with Crippen LogP contribution in [0.25, 0.3) is 0 Å². The molecular weight excluding hydrogens is 115 g/mol. The van der Waals surface area contributed by atoms with Crippen molar-refractivity contribution in [3.63, 3.8) is 0 Å². The van der Waals surface area contributed by atoms with E-state index in [0.717, 1.165) is 20.2 Å². The largest absolute Gasteiger partial charge is 0.0988 e. The van der Waals surface area contributed by atoms with E-state index in [1.165, 1.54) is 0 Å². The van der Waals surface area contributed by atoms with Gasteiger partial charge in [0.15, 0.2) is 0 Å². The quantitative estimate of drug-likeness (QED) is 0.515. The third kappa shape index (κ3) is 3.21. The Kier molecular flexibility index (Phi) is 4.18. The number of hydrogen-bond donors (Lipinski definition) is 0. The maximum atomic E-state index is 3.70. The highest BCUT2D eigenvalue weighted by Crippen LogP contribution is 2.24. The second kappa shape index (κ2) is 4.09. The maximum absolute atomic E-state index is 3.70. The number of rotatable bonds is 3. The van der Waals surface area contributed by atoms with Gasteiger partial charge in [-0.1, -0.05) is 41.7 Å². The molecule has 0 amide bonds. The second-order valence-corrected chi connectivity index (χ2v) is 4.06. The van der Waals surface area contributed by atoms with Gasteiger partial charge in [0.1, 0.15) is 0 Å². The van der Waals surface area contributed by atoms with Crippen molar-refractivity contribution in [3.8, 4) is 0 Å². The highest BCUT2D eigenvalue weighted by Gasteiger charge is 2.02. The van der Waals surface area contributed by atoms with E-state index in [1.54, 1.807) is 0 Å². The summed E-state index contributed by atoms with van der Waals surface area (Å²) in [5, 5.41) is 0. The van der Waals surface area contributed by atoms with Crippen molar-refractivity contribution in [2.75, 3.05) is 0 Å². The highest BCUT2D eigenvalue weighted by atomic mass is 31.1. The van der Waals surface area contributed by atoms with Crippen LogP contribution >= 0.6 is 8.58 Å². The minimum Gasteiger partial charge on any atom is -0.0988 e. The molecule has 48 valence electrons. The van der Waals surface area contributed by atoms with Crippen molar-refractivity contribution in [2.24, 2.45) is 5.92 Å². The lowest BCUT2D eigenvalue weighted by Gasteiger charge is -2.11. The Bertz CT molecular complexity index is 66.8. The minimum absolute atomic E-state index is 0.811. The lowest BCUT2D eigenvalue weighted by molar-refractivity contribution is 0.640. The van der Waals surface area contributed by atoms with Gasteiger partial charge in [-0.05, 0) is 11.6 Å². The third-order valence-corrected chi connectivity index (χ3v) is 2.81. The molecule has 8 heavy (non-hydrogen) atoms. The summed E-state index contributed by atoms with van der Waals surface area (Å²) in [6, 6.07) is 0. The van der Waals surface area contributed by atoms with E-state index in [1.807, 2.05) is 5.82 Å². The molecule has 0 N–H and O–H groups in total. The topological polar surface area (TPSA) is 0 Å². The molecule has 0 saturated heterocycles. The highest BCUT2D eigenvalue weighted by molar-refractivity contribution is 7.42. The normalized spacial score (nSPS) is 15.5. The molecule has 1 heteroatoms. The van der Waals surface area contributed by atoms with Crippen molar-refractivity contribution in [2.45, 2.75) is 26.4 Å². The zero-order valence-corrected chi connectivity index (χ0v) is 6.94. The summed E-state index contributed by atoms with van der Waals surface area (Å²) in [4.78, 5) is 0. The third-order valence-electron chi connectivity index (χ3n) is 1.38. The van der Waals surface area contributed by atoms with Crippen LogP contribution in [0.15, 0.2) is 12.4 Å². The lowest BCUT2D eigenvalue weighted by atomic mass is 10.2. The van der Waals surface area contributed by atoms with Gasteiger partial charge in [-0.2, -0.15) is 0 Å². The first-order valence-corrected chi connectivity index (χ1v) is 4.21. The van der Waals surface area contributed by atoms with E-state index in [9.17, 15) is 0 Å². The molecule has 0 aliphatic heterocycles. The van der Waals surface area contributed by atoms with Gasteiger partial charge in [0, 0.05) is 0 Å². The molecule has 0 aromatic heterocycles. The average molecular weight is 130 g/mol. The molecule has 0 aliphatic rings. The van der Waals surface area contributed by atoms with Crippen LogP contribution in [0.2, 0.25) is 0 Å². The summed E-state index contributed by atoms with van der Waals surface area (Å²) >= 11 is 0. The van der Waals surface area contributed by atoms with Crippen LogP contribution in [0.4, 0.5) is 0 Å². The predicted molar refractivity (Wildman–Crippen MR) is 42.8 cm³/mol. The standard InChI is InChI=1S/C7H15P/c1-5-8-7(4)6(2)3/h5-8H,1H2,2-4H3. The van der Waals surface area contributed by atoms with Crippen molar-refractivity contribution < 1.29 is 0 Å². The van der Waals surface area contributed by atoms with Crippen molar-refractivity contribution >= 4 is 8.58 Å². The zero-order valence-electron chi connectivity index (χ0n) is 5.94. The van der Waals surface area contributed by atoms with E-state index < -0.39 is 0 Å². The summed E-state index contributed by atoms with van der Waals surface area (Å²) in [6.07, 6.45) is 0. The molecule has 2 atom stereocenters. The van der Waals surface area contributed by atoms with Crippen LogP contribution in [0, 0.1) is 5.92 Å². The van der Waals surface area contributed by atoms with Crippen molar-refractivity contribution in [3.05, 3.63) is 12.4 Å². The van der Waals surface area contributed by atoms with E-state index >= 15 is 0 Å². The van der Waals surface area contributed by atoms with Gasteiger partial charge in [-0.25, -0.2) is 0 Å². The van der Waals surface area contributed by atoms with Crippen LogP contribution in [-0.4, -0.2) is 5.66 Å². The van der Waals surface area contributed by atoms with Crippen molar-refractivity contribution in [1.82, 2.24) is 0 Å². The van der Waals surface area contributed by atoms with Crippen LogP contribution < -0.4 is 0 Å². The minimum atomic E-state index is 0.811. The molecule has 0 radical (unpaired) electrons. The first-order chi connectivity index (χ1) is 3.68. The molecule has 0 heterocycles. The Hall–Kier alpha value is 0.170. The molecular formula is C7H15P. The molecule has 0 aromatic rings. The molecule has 0 aromatic carbocycles. The molecule has 0 saturated carbocycles. The fourth-order valence-electron chi connectivity index (χ4n) is 0.378. The van der Waals surface area contributed by atoms with E-state index in [-0.39, 0.29) is 0 Å². The Balaban J connectivity index is 3.30. The van der Waals surface area contributed by atoms with E-state index in [0.29, 0.717) is 0 Å². The van der Waals surface area contributed by atoms with Gasteiger partial charge >= 0.3 is 0 Å². The van der Waals surface area contributed by atoms with Gasteiger partial charge in [0.05, 0.1) is 0 Å². The molecule has 0 aliphatic carbocycles. The molecule has 2 unspecified atom stereocenters. The second-order valence-electron chi connectivity index (χ2n) is 2.40. The molecule has 0 bridgehead atoms. The van der Waals surface area contributed by atoms with Crippen LogP contribution in [0.3, 0.4) is 0 Å². The van der Waals surface area contributed by atoms with Gasteiger partial charge in [0.25, 0.3) is 0 Å². The monoisotopic (exact) mass is 130 g/mol. The smallest absolute Gasteiger partial charge is 0.0208 e. The van der Waals surface area contributed by atoms with E-state index in [4.69, 9.17) is 0 Å². The first-order valence-electron chi connectivity index (χ1n) is 3.05. The molecule has 0 nitrogen and oxygen atoms in total. The van der Waals surface area contributed by atoms with Crippen molar-refractivity contribution in [1.29, 1.82) is 0 Å². The summed E-state index contributed by atoms with van der Waals surface area (Å²) in [7, 11) is 0.933. The SMILES string of the molecule is C=CPC(C)C(C)C. The first kappa shape index (κ1) is 8.17. The Labute approximate surface area is 54.2 Å². The molecule has 0 rings (SSSR count). The van der Waals surface area contributed by atoms with Crippen LogP contribution in [0.5, 0.6) is 0 Å². The van der Waals surface area contributed by atoms with Gasteiger partial charge < -0.3 is 0 Å². The van der Waals surface area contributed by atoms with E-state index in [2.05, 4.69) is 27.4 Å². The average Bonchev–Trinajstić information content (AvgIpc) is 1.67. The Morgan fingerprint density at radius 1 is 1.38 bits per heavy atom. The van der Waals surface area contributed by atoms with Crippen LogP contribution in [-0.2, 0) is 0 Å².